The quantitative estimate of drug-likeness (QED) is 0.379. The van der Waals surface area contributed by atoms with Crippen molar-refractivity contribution < 1.29 is 9.34 Å². The topological polar surface area (TPSA) is 81.2 Å². The predicted molar refractivity (Wildman–Crippen MR) is 67.2 cm³/mol. The number of nitrogens with zero attached hydrogens (tertiary/aromatic N) is 2. The summed E-state index contributed by atoms with van der Waals surface area (Å²) in [5.41, 5.74) is 0.971. The van der Waals surface area contributed by atoms with Gasteiger partial charge in [-0.1, -0.05) is 0 Å². The Labute approximate surface area is 103 Å². The van der Waals surface area contributed by atoms with Gasteiger partial charge in [0.25, 0.3) is 11.7 Å². The summed E-state index contributed by atoms with van der Waals surface area (Å²) in [5.74, 6) is 2.53. The SMILES string of the molecule is C#CCCCNc1nc2cc([N+](=O)[O-])ccc2o1. The second-order valence-corrected chi connectivity index (χ2v) is 3.66. The molecule has 1 aromatic carbocycles. The molecular weight excluding hydrogens is 234 g/mol. The van der Waals surface area contributed by atoms with E-state index in [0.29, 0.717) is 30.1 Å². The molecule has 0 bridgehead atoms. The van der Waals surface area contributed by atoms with Gasteiger partial charge in [-0.2, -0.15) is 4.98 Å². The third kappa shape index (κ3) is 2.58. The van der Waals surface area contributed by atoms with E-state index in [0.717, 1.165) is 6.42 Å². The highest BCUT2D eigenvalue weighted by Crippen LogP contribution is 2.23. The second kappa shape index (κ2) is 5.19. The molecule has 0 aliphatic heterocycles. The number of hydrogen-bond donors (Lipinski definition) is 1. The lowest BCUT2D eigenvalue weighted by atomic mass is 10.3. The summed E-state index contributed by atoms with van der Waals surface area (Å²) in [6.45, 7) is 0.652. The molecule has 0 unspecified atom stereocenters. The van der Waals surface area contributed by atoms with Crippen molar-refractivity contribution >= 4 is 22.8 Å². The summed E-state index contributed by atoms with van der Waals surface area (Å²) in [5, 5.41) is 13.6. The van der Waals surface area contributed by atoms with E-state index in [1.54, 1.807) is 0 Å². The van der Waals surface area contributed by atoms with E-state index in [1.165, 1.54) is 18.2 Å². The summed E-state index contributed by atoms with van der Waals surface area (Å²) in [6, 6.07) is 4.65. The van der Waals surface area contributed by atoms with Gasteiger partial charge >= 0.3 is 0 Å². The fourth-order valence-electron chi connectivity index (χ4n) is 1.49. The van der Waals surface area contributed by atoms with Crippen LogP contribution in [0.15, 0.2) is 22.6 Å². The minimum absolute atomic E-state index is 0.00492. The van der Waals surface area contributed by atoms with Crippen molar-refractivity contribution in [3.8, 4) is 12.3 Å². The van der Waals surface area contributed by atoms with E-state index in [-0.39, 0.29) is 5.69 Å². The summed E-state index contributed by atoms with van der Waals surface area (Å²) < 4.78 is 5.39. The average molecular weight is 245 g/mol. The van der Waals surface area contributed by atoms with Gasteiger partial charge in [0.15, 0.2) is 5.58 Å². The van der Waals surface area contributed by atoms with Gasteiger partial charge in [0.1, 0.15) is 5.52 Å². The first-order chi connectivity index (χ1) is 8.70. The van der Waals surface area contributed by atoms with Crippen LogP contribution < -0.4 is 5.32 Å². The van der Waals surface area contributed by atoms with Crippen molar-refractivity contribution in [3.05, 3.63) is 28.3 Å². The first-order valence-corrected chi connectivity index (χ1v) is 5.43. The molecule has 1 heterocycles. The van der Waals surface area contributed by atoms with Crippen molar-refractivity contribution in [2.75, 3.05) is 11.9 Å². The minimum atomic E-state index is -0.464. The van der Waals surface area contributed by atoms with E-state index in [4.69, 9.17) is 10.8 Å². The molecule has 0 spiro atoms. The molecule has 0 amide bonds. The lowest BCUT2D eigenvalue weighted by Gasteiger charge is -1.97. The van der Waals surface area contributed by atoms with Gasteiger partial charge in [0, 0.05) is 25.1 Å². The third-order valence-electron chi connectivity index (χ3n) is 2.36. The monoisotopic (exact) mass is 245 g/mol. The largest absolute Gasteiger partial charge is 0.424 e. The smallest absolute Gasteiger partial charge is 0.295 e. The van der Waals surface area contributed by atoms with Crippen molar-refractivity contribution in [3.63, 3.8) is 0 Å². The molecule has 0 aliphatic carbocycles. The summed E-state index contributed by atoms with van der Waals surface area (Å²) in [4.78, 5) is 14.3. The van der Waals surface area contributed by atoms with Crippen molar-refractivity contribution in [1.82, 2.24) is 4.98 Å². The highest BCUT2D eigenvalue weighted by molar-refractivity contribution is 5.77. The van der Waals surface area contributed by atoms with Gasteiger partial charge in [0.2, 0.25) is 0 Å². The minimum Gasteiger partial charge on any atom is -0.424 e. The van der Waals surface area contributed by atoms with E-state index < -0.39 is 4.92 Å². The fourth-order valence-corrected chi connectivity index (χ4v) is 1.49. The average Bonchev–Trinajstić information content (AvgIpc) is 2.76. The molecule has 6 heteroatoms. The van der Waals surface area contributed by atoms with E-state index in [1.807, 2.05) is 0 Å². The summed E-state index contributed by atoms with van der Waals surface area (Å²) in [7, 11) is 0. The van der Waals surface area contributed by atoms with Crippen LogP contribution in [0.5, 0.6) is 0 Å². The zero-order chi connectivity index (χ0) is 13.0. The maximum Gasteiger partial charge on any atom is 0.295 e. The number of hydrogen-bond acceptors (Lipinski definition) is 5. The van der Waals surface area contributed by atoms with Crippen LogP contribution >= 0.6 is 0 Å². The lowest BCUT2D eigenvalue weighted by Crippen LogP contribution is -2.00. The molecule has 2 aromatic rings. The predicted octanol–water partition coefficient (Wildman–Crippen LogP) is 2.56. The van der Waals surface area contributed by atoms with Crippen LogP contribution in [0.1, 0.15) is 12.8 Å². The van der Waals surface area contributed by atoms with Crippen LogP contribution in [-0.4, -0.2) is 16.5 Å². The molecule has 0 atom stereocenters. The zero-order valence-corrected chi connectivity index (χ0v) is 9.55. The number of fused-ring (bicyclic) bond motifs is 1. The molecule has 1 N–H and O–H groups in total. The Bertz CT molecular complexity index is 613. The Morgan fingerprint density at radius 3 is 3.11 bits per heavy atom. The first kappa shape index (κ1) is 11.9. The van der Waals surface area contributed by atoms with Gasteiger partial charge in [-0.3, -0.25) is 10.1 Å². The number of benzene rings is 1. The zero-order valence-electron chi connectivity index (χ0n) is 9.55. The van der Waals surface area contributed by atoms with Gasteiger partial charge in [0.05, 0.1) is 4.92 Å². The summed E-state index contributed by atoms with van der Waals surface area (Å²) >= 11 is 0. The van der Waals surface area contributed by atoms with E-state index in [2.05, 4.69) is 16.2 Å². The number of unbranched alkanes of at least 4 members (excludes halogenated alkanes) is 1. The number of nitro groups is 1. The van der Waals surface area contributed by atoms with Crippen LogP contribution in [0, 0.1) is 22.5 Å². The number of aromatic nitrogens is 1. The number of anilines is 1. The van der Waals surface area contributed by atoms with Crippen LogP contribution in [-0.2, 0) is 0 Å². The third-order valence-corrected chi connectivity index (χ3v) is 2.36. The molecule has 2 rings (SSSR count). The Morgan fingerprint density at radius 1 is 1.56 bits per heavy atom. The van der Waals surface area contributed by atoms with Crippen LogP contribution in [0.4, 0.5) is 11.7 Å². The Morgan fingerprint density at radius 2 is 2.39 bits per heavy atom. The number of nitrogens with one attached hydrogen (secondary N) is 1. The number of terminal acetylenes is 1. The Hall–Kier alpha value is -2.55. The molecule has 92 valence electrons. The molecule has 1 aromatic heterocycles. The maximum atomic E-state index is 10.6. The normalized spacial score (nSPS) is 10.2. The Kier molecular flexibility index (Phi) is 3.44. The first-order valence-electron chi connectivity index (χ1n) is 5.43. The molecule has 0 fully saturated rings. The van der Waals surface area contributed by atoms with E-state index in [9.17, 15) is 10.1 Å². The molecule has 6 nitrogen and oxygen atoms in total. The van der Waals surface area contributed by atoms with Crippen LogP contribution in [0.2, 0.25) is 0 Å². The lowest BCUT2D eigenvalue weighted by molar-refractivity contribution is -0.384. The van der Waals surface area contributed by atoms with Crippen molar-refractivity contribution in [2.24, 2.45) is 0 Å². The van der Waals surface area contributed by atoms with Crippen LogP contribution in [0.3, 0.4) is 0 Å². The second-order valence-electron chi connectivity index (χ2n) is 3.66. The Balaban J connectivity index is 2.12. The van der Waals surface area contributed by atoms with Gasteiger partial charge in [-0.25, -0.2) is 0 Å². The molecule has 0 saturated heterocycles. The molecule has 0 saturated carbocycles. The van der Waals surface area contributed by atoms with E-state index >= 15 is 0 Å². The van der Waals surface area contributed by atoms with Gasteiger partial charge in [-0.15, -0.1) is 12.3 Å². The van der Waals surface area contributed by atoms with Crippen LogP contribution in [0.25, 0.3) is 11.1 Å². The number of nitro benzene ring substituents is 1. The number of non-ortho nitro benzene ring substituents is 1. The number of oxazole rings is 1. The highest BCUT2D eigenvalue weighted by Gasteiger charge is 2.11. The standard InChI is InChI=1S/C12H11N3O3/c1-2-3-4-7-13-12-14-10-8-9(15(16)17)5-6-11(10)18-12/h1,5-6,8H,3-4,7H2,(H,13,14). The number of rotatable bonds is 5. The van der Waals surface area contributed by atoms with Gasteiger partial charge in [-0.05, 0) is 12.5 Å². The molecule has 18 heavy (non-hydrogen) atoms. The van der Waals surface area contributed by atoms with Gasteiger partial charge < -0.3 is 9.73 Å². The molecular formula is C12H11N3O3. The van der Waals surface area contributed by atoms with Crippen molar-refractivity contribution in [2.45, 2.75) is 12.8 Å². The summed E-state index contributed by atoms with van der Waals surface area (Å²) in [6.07, 6.45) is 6.63. The molecule has 0 radical (unpaired) electrons. The molecule has 0 aliphatic rings. The highest BCUT2D eigenvalue weighted by atomic mass is 16.6. The van der Waals surface area contributed by atoms with Crippen molar-refractivity contribution in [1.29, 1.82) is 0 Å². The fraction of sp³-hybridized carbons (Fsp3) is 0.250. The maximum absolute atomic E-state index is 10.6.